The fraction of sp³-hybridized carbons (Fsp3) is 0.125. The van der Waals surface area contributed by atoms with Crippen molar-refractivity contribution in [2.75, 3.05) is 40.9 Å². The average molecular weight is 516 g/mol. The van der Waals surface area contributed by atoms with Crippen molar-refractivity contribution in [1.29, 1.82) is 0 Å². The summed E-state index contributed by atoms with van der Waals surface area (Å²) in [5.74, 6) is -1.43. The van der Waals surface area contributed by atoms with E-state index < -0.39 is 17.8 Å². The Morgan fingerprint density at radius 2 is 1.57 bits per heavy atom. The number of amides is 4. The van der Waals surface area contributed by atoms with Crippen molar-refractivity contribution in [3.8, 4) is 0 Å². The number of thiol groups is 1. The highest BCUT2D eigenvalue weighted by molar-refractivity contribution is 7.82. The number of urea groups is 1. The van der Waals surface area contributed by atoms with Gasteiger partial charge in [-0.2, -0.15) is 0 Å². The van der Waals surface area contributed by atoms with Gasteiger partial charge in [-0.25, -0.2) is 13.5 Å². The second-order valence-electron chi connectivity index (χ2n) is 7.70. The van der Waals surface area contributed by atoms with Crippen LogP contribution in [0.1, 0.15) is 10.4 Å². The van der Waals surface area contributed by atoms with Gasteiger partial charge in [0, 0.05) is 11.4 Å². The molecule has 4 amide bonds. The maximum Gasteiger partial charge on any atom is 0.336 e. The summed E-state index contributed by atoms with van der Waals surface area (Å²) in [6, 6.07) is 16.1. The number of halogens is 2. The van der Waals surface area contributed by atoms with Crippen molar-refractivity contribution in [3.63, 3.8) is 0 Å². The van der Waals surface area contributed by atoms with Gasteiger partial charge in [-0.05, 0) is 68.7 Å². The molecule has 0 spiro atoms. The second kappa shape index (κ2) is 11.7. The molecule has 0 unspecified atom stereocenters. The third-order valence-electron chi connectivity index (χ3n) is 4.63. The maximum atomic E-state index is 13.8. The zero-order valence-corrected chi connectivity index (χ0v) is 20.5. The maximum absolute atomic E-state index is 13.8. The molecule has 3 aromatic rings. The molecule has 3 N–H and O–H groups in total. The summed E-state index contributed by atoms with van der Waals surface area (Å²) < 4.78 is 14.9. The SMILES string of the molecule is CN(C)CC(=O)Nc1ccc(NC(=O)N(S)c2ccc(NC(=O)c3ccccc3F)cc2)cc1Cl. The van der Waals surface area contributed by atoms with Gasteiger partial charge in [-0.3, -0.25) is 9.59 Å². The fourth-order valence-corrected chi connectivity index (χ4v) is 3.41. The molecule has 0 heterocycles. The monoisotopic (exact) mass is 515 g/mol. The first-order valence-corrected chi connectivity index (χ1v) is 11.1. The summed E-state index contributed by atoms with van der Waals surface area (Å²) in [6.07, 6.45) is 0. The standard InChI is InChI=1S/C24H23ClFN5O3S/c1-30(2)14-22(32)29-21-12-9-16(13-19(21)25)28-24(34)31(35)17-10-7-15(8-11-17)27-23(33)18-5-3-4-6-20(18)26/h3-13,35H,14H2,1-2H3,(H,27,33)(H,28,34)(H,29,32). The number of likely N-dealkylation sites (N-methyl/N-ethyl adjacent to an activating group) is 1. The minimum atomic E-state index is -0.621. The highest BCUT2D eigenvalue weighted by Crippen LogP contribution is 2.27. The Bertz CT molecular complexity index is 1240. The van der Waals surface area contributed by atoms with Crippen LogP contribution in [0.2, 0.25) is 5.02 Å². The highest BCUT2D eigenvalue weighted by Gasteiger charge is 2.15. The Kier molecular flexibility index (Phi) is 8.69. The van der Waals surface area contributed by atoms with Crippen molar-refractivity contribution in [1.82, 2.24) is 4.90 Å². The molecule has 0 aliphatic carbocycles. The number of carbonyl (C=O) groups is 3. The van der Waals surface area contributed by atoms with Crippen molar-refractivity contribution < 1.29 is 18.8 Å². The number of nitrogens with zero attached hydrogens (tertiary/aromatic N) is 2. The minimum Gasteiger partial charge on any atom is -0.324 e. The molecule has 0 atom stereocenters. The summed E-state index contributed by atoms with van der Waals surface area (Å²) in [5.41, 5.74) is 1.59. The number of rotatable bonds is 7. The molecule has 3 aromatic carbocycles. The summed E-state index contributed by atoms with van der Waals surface area (Å²) in [4.78, 5) is 38.5. The number of hydrogen-bond donors (Lipinski definition) is 4. The first kappa shape index (κ1) is 26.0. The molecule has 0 saturated carbocycles. The Hall–Kier alpha value is -3.60. The number of anilines is 4. The lowest BCUT2D eigenvalue weighted by Crippen LogP contribution is -2.27. The molecule has 0 fully saturated rings. The Labute approximate surface area is 212 Å². The Morgan fingerprint density at radius 3 is 2.20 bits per heavy atom. The van der Waals surface area contributed by atoms with Crippen molar-refractivity contribution in [3.05, 3.63) is 83.1 Å². The second-order valence-corrected chi connectivity index (χ2v) is 8.51. The summed E-state index contributed by atoms with van der Waals surface area (Å²) >= 11 is 10.5. The molecular formula is C24H23ClFN5O3S. The smallest absolute Gasteiger partial charge is 0.324 e. The fourth-order valence-electron chi connectivity index (χ4n) is 2.99. The van der Waals surface area contributed by atoms with Gasteiger partial charge in [-0.1, -0.05) is 36.5 Å². The molecule has 11 heteroatoms. The third-order valence-corrected chi connectivity index (χ3v) is 5.36. The third kappa shape index (κ3) is 7.19. The zero-order chi connectivity index (χ0) is 25.5. The van der Waals surface area contributed by atoms with E-state index in [0.717, 1.165) is 4.31 Å². The van der Waals surface area contributed by atoms with Crippen LogP contribution in [-0.4, -0.2) is 43.4 Å². The van der Waals surface area contributed by atoms with E-state index in [1.165, 1.54) is 24.3 Å². The van der Waals surface area contributed by atoms with E-state index in [0.29, 0.717) is 22.7 Å². The lowest BCUT2D eigenvalue weighted by Gasteiger charge is -2.18. The molecule has 3 rings (SSSR count). The van der Waals surface area contributed by atoms with Gasteiger partial charge in [0.25, 0.3) is 5.91 Å². The van der Waals surface area contributed by atoms with Gasteiger partial charge in [0.2, 0.25) is 5.91 Å². The molecule has 8 nitrogen and oxygen atoms in total. The molecule has 35 heavy (non-hydrogen) atoms. The van der Waals surface area contributed by atoms with Crippen LogP contribution < -0.4 is 20.3 Å². The van der Waals surface area contributed by atoms with Crippen LogP contribution in [0.25, 0.3) is 0 Å². The number of carbonyl (C=O) groups excluding carboxylic acids is 3. The first-order chi connectivity index (χ1) is 16.6. The largest absolute Gasteiger partial charge is 0.336 e. The van der Waals surface area contributed by atoms with Crippen molar-refractivity contribution in [2.24, 2.45) is 0 Å². The average Bonchev–Trinajstić information content (AvgIpc) is 2.80. The van der Waals surface area contributed by atoms with Gasteiger partial charge in [0.15, 0.2) is 0 Å². The van der Waals surface area contributed by atoms with Crippen molar-refractivity contribution >= 4 is 65.0 Å². The van der Waals surface area contributed by atoms with Crippen LogP contribution in [0, 0.1) is 5.82 Å². The van der Waals surface area contributed by atoms with Crippen LogP contribution >= 0.6 is 24.4 Å². The van der Waals surface area contributed by atoms with E-state index in [9.17, 15) is 18.8 Å². The van der Waals surface area contributed by atoms with Gasteiger partial charge in [0.1, 0.15) is 5.82 Å². The van der Waals surface area contributed by atoms with Crippen LogP contribution in [-0.2, 0) is 4.79 Å². The molecule has 182 valence electrons. The minimum absolute atomic E-state index is 0.0753. The van der Waals surface area contributed by atoms with Crippen LogP contribution in [0.5, 0.6) is 0 Å². The molecular weight excluding hydrogens is 493 g/mol. The molecule has 0 bridgehead atoms. The van der Waals surface area contributed by atoms with E-state index in [4.69, 9.17) is 11.6 Å². The van der Waals surface area contributed by atoms with Crippen LogP contribution in [0.3, 0.4) is 0 Å². The number of hydrogen-bond acceptors (Lipinski definition) is 5. The van der Waals surface area contributed by atoms with Gasteiger partial charge in [0.05, 0.1) is 28.5 Å². The van der Waals surface area contributed by atoms with Crippen molar-refractivity contribution in [2.45, 2.75) is 0 Å². The normalized spacial score (nSPS) is 10.6. The molecule has 0 radical (unpaired) electrons. The Balaban J connectivity index is 1.60. The predicted octanol–water partition coefficient (Wildman–Crippen LogP) is 5.11. The van der Waals surface area contributed by atoms with Gasteiger partial charge in [-0.15, -0.1) is 0 Å². The lowest BCUT2D eigenvalue weighted by atomic mass is 10.2. The van der Waals surface area contributed by atoms with Gasteiger partial charge < -0.3 is 20.9 Å². The zero-order valence-electron chi connectivity index (χ0n) is 18.9. The van der Waals surface area contributed by atoms with E-state index in [-0.39, 0.29) is 23.0 Å². The van der Waals surface area contributed by atoms with Gasteiger partial charge >= 0.3 is 6.03 Å². The number of benzene rings is 3. The topological polar surface area (TPSA) is 93.8 Å². The molecule has 0 aromatic heterocycles. The summed E-state index contributed by atoms with van der Waals surface area (Å²) in [6.45, 7) is 0.203. The van der Waals surface area contributed by atoms with E-state index in [1.807, 2.05) is 0 Å². The molecule has 0 aliphatic heterocycles. The first-order valence-electron chi connectivity index (χ1n) is 10.3. The van der Waals surface area contributed by atoms with E-state index in [1.54, 1.807) is 61.5 Å². The number of nitrogens with one attached hydrogen (secondary N) is 3. The van der Waals surface area contributed by atoms with Crippen LogP contribution in [0.4, 0.5) is 31.9 Å². The quantitative estimate of drug-likeness (QED) is 0.329. The van der Waals surface area contributed by atoms with E-state index in [2.05, 4.69) is 28.8 Å². The summed E-state index contributed by atoms with van der Waals surface area (Å²) in [5, 5.41) is 8.22. The lowest BCUT2D eigenvalue weighted by molar-refractivity contribution is -0.116. The van der Waals surface area contributed by atoms with E-state index >= 15 is 0 Å². The molecule has 0 aliphatic rings. The highest BCUT2D eigenvalue weighted by atomic mass is 35.5. The van der Waals surface area contributed by atoms with Crippen LogP contribution in [0.15, 0.2) is 66.7 Å². The summed E-state index contributed by atoms with van der Waals surface area (Å²) in [7, 11) is 3.55. The Morgan fingerprint density at radius 1 is 0.914 bits per heavy atom. The molecule has 0 saturated heterocycles. The predicted molar refractivity (Wildman–Crippen MR) is 140 cm³/mol.